The van der Waals surface area contributed by atoms with Gasteiger partial charge < -0.3 is 9.30 Å². The van der Waals surface area contributed by atoms with E-state index in [4.69, 9.17) is 4.74 Å². The Morgan fingerprint density at radius 2 is 2.08 bits per heavy atom. The molecule has 1 atom stereocenters. The molecule has 2 aliphatic rings. The van der Waals surface area contributed by atoms with Gasteiger partial charge in [-0.25, -0.2) is 4.99 Å². The molecule has 6 heteroatoms. The molecule has 3 heterocycles. The molecule has 2 aromatic rings. The van der Waals surface area contributed by atoms with Crippen molar-refractivity contribution in [2.45, 2.75) is 39.3 Å². The quantitative estimate of drug-likeness (QED) is 0.853. The number of thioether (sulfide) groups is 1. The van der Waals surface area contributed by atoms with Crippen molar-refractivity contribution in [1.29, 1.82) is 0 Å². The molecule has 136 valence electrons. The Balaban J connectivity index is 1.51. The molecule has 0 spiro atoms. The van der Waals surface area contributed by atoms with Crippen LogP contribution in [0.1, 0.15) is 29.8 Å². The predicted molar refractivity (Wildman–Crippen MR) is 108 cm³/mol. The summed E-state index contributed by atoms with van der Waals surface area (Å²) in [6.45, 7) is 6.18. The smallest absolute Gasteiger partial charge is 0.184 e. The van der Waals surface area contributed by atoms with Gasteiger partial charge in [0.2, 0.25) is 0 Å². The lowest BCUT2D eigenvalue weighted by Gasteiger charge is -2.19. The largest absolute Gasteiger partial charge is 0.376 e. The summed E-state index contributed by atoms with van der Waals surface area (Å²) in [4.78, 5) is 4.60. The molecule has 0 unspecified atom stereocenters. The average molecular weight is 369 g/mol. The van der Waals surface area contributed by atoms with Gasteiger partial charge in [-0.3, -0.25) is 10.9 Å². The Labute approximate surface area is 158 Å². The van der Waals surface area contributed by atoms with Gasteiger partial charge in [-0.15, -0.1) is 0 Å². The Kier molecular flexibility index (Phi) is 5.04. The van der Waals surface area contributed by atoms with Crippen LogP contribution in [-0.4, -0.2) is 22.4 Å². The molecule has 4 rings (SSSR count). The first-order valence-corrected chi connectivity index (χ1v) is 9.90. The number of nitrogens with one attached hydrogen (secondary N) is 2. The molecular weight excluding hydrogens is 344 g/mol. The summed E-state index contributed by atoms with van der Waals surface area (Å²) in [5.41, 5.74) is 12.3. The van der Waals surface area contributed by atoms with Crippen LogP contribution in [0.4, 0.5) is 5.69 Å². The van der Waals surface area contributed by atoms with E-state index in [1.54, 1.807) is 11.8 Å². The van der Waals surface area contributed by atoms with E-state index in [0.29, 0.717) is 6.10 Å². The van der Waals surface area contributed by atoms with Gasteiger partial charge in [0, 0.05) is 35.5 Å². The summed E-state index contributed by atoms with van der Waals surface area (Å²) in [6.07, 6.45) is 2.68. The average Bonchev–Trinajstić information content (AvgIpc) is 3.27. The highest BCUT2D eigenvalue weighted by Crippen LogP contribution is 2.27. The van der Waals surface area contributed by atoms with E-state index >= 15 is 0 Å². The van der Waals surface area contributed by atoms with Crippen molar-refractivity contribution in [2.24, 2.45) is 4.99 Å². The molecule has 1 saturated heterocycles. The summed E-state index contributed by atoms with van der Waals surface area (Å²) in [6, 6.07) is 12.2. The zero-order valence-electron chi connectivity index (χ0n) is 15.2. The molecule has 26 heavy (non-hydrogen) atoms. The van der Waals surface area contributed by atoms with Crippen LogP contribution in [0, 0.1) is 13.8 Å². The number of hydrogen-bond acceptors (Lipinski definition) is 4. The van der Waals surface area contributed by atoms with Crippen LogP contribution in [0.25, 0.3) is 5.70 Å². The third-order valence-electron chi connectivity index (χ3n) is 4.85. The first-order chi connectivity index (χ1) is 12.7. The monoisotopic (exact) mass is 368 g/mol. The Morgan fingerprint density at radius 1 is 1.23 bits per heavy atom. The van der Waals surface area contributed by atoms with Gasteiger partial charge in [-0.05, 0) is 44.9 Å². The molecule has 5 nitrogen and oxygen atoms in total. The molecule has 0 radical (unpaired) electrons. The highest BCUT2D eigenvalue weighted by atomic mass is 32.2. The fourth-order valence-electron chi connectivity index (χ4n) is 3.45. The van der Waals surface area contributed by atoms with E-state index in [9.17, 15) is 0 Å². The summed E-state index contributed by atoms with van der Waals surface area (Å²) in [5, 5.41) is 2.96. The number of aromatic nitrogens is 1. The second-order valence-electron chi connectivity index (χ2n) is 6.68. The maximum Gasteiger partial charge on any atom is 0.184 e. The lowest BCUT2D eigenvalue weighted by atomic mass is 10.2. The molecule has 1 fully saturated rings. The molecule has 2 N–H and O–H groups in total. The van der Waals surface area contributed by atoms with E-state index in [-0.39, 0.29) is 0 Å². The number of benzene rings is 1. The van der Waals surface area contributed by atoms with E-state index < -0.39 is 0 Å². The van der Waals surface area contributed by atoms with Crippen LogP contribution in [0.3, 0.4) is 0 Å². The number of aryl methyl sites for hydroxylation is 1. The number of hydrazine groups is 1. The fraction of sp³-hybridized carbons (Fsp3) is 0.350. The van der Waals surface area contributed by atoms with E-state index in [1.807, 2.05) is 30.3 Å². The highest BCUT2D eigenvalue weighted by Gasteiger charge is 2.21. The number of ether oxygens (including phenoxy) is 1. The number of nitrogens with zero attached hydrogens (tertiary/aromatic N) is 2. The molecule has 0 amide bonds. The number of aliphatic imine (C=N–C) groups is 1. The van der Waals surface area contributed by atoms with Gasteiger partial charge in [0.1, 0.15) is 0 Å². The van der Waals surface area contributed by atoms with Gasteiger partial charge >= 0.3 is 0 Å². The molecule has 0 aliphatic carbocycles. The van der Waals surface area contributed by atoms with Gasteiger partial charge in [0.25, 0.3) is 0 Å². The lowest BCUT2D eigenvalue weighted by molar-refractivity contribution is 0.0962. The fourth-order valence-corrected chi connectivity index (χ4v) is 4.13. The minimum Gasteiger partial charge on any atom is -0.376 e. The molecule has 0 saturated carbocycles. The Morgan fingerprint density at radius 3 is 2.77 bits per heavy atom. The summed E-state index contributed by atoms with van der Waals surface area (Å²) in [7, 11) is 0. The zero-order valence-corrected chi connectivity index (χ0v) is 16.0. The zero-order chi connectivity index (χ0) is 17.9. The van der Waals surface area contributed by atoms with Gasteiger partial charge in [0.05, 0.1) is 17.5 Å². The van der Waals surface area contributed by atoms with Crippen molar-refractivity contribution >= 4 is 28.3 Å². The van der Waals surface area contributed by atoms with Crippen LogP contribution in [-0.2, 0) is 11.3 Å². The van der Waals surface area contributed by atoms with Crippen molar-refractivity contribution in [3.05, 3.63) is 58.8 Å². The Hall–Kier alpha value is -2.18. The van der Waals surface area contributed by atoms with Crippen molar-refractivity contribution in [3.8, 4) is 0 Å². The topological polar surface area (TPSA) is 50.6 Å². The number of hydrogen-bond donors (Lipinski definition) is 2. The molecule has 1 aromatic carbocycles. The number of rotatable bonds is 4. The van der Waals surface area contributed by atoms with Gasteiger partial charge in [-0.1, -0.05) is 30.0 Å². The second kappa shape index (κ2) is 7.60. The van der Waals surface area contributed by atoms with Gasteiger partial charge in [-0.2, -0.15) is 0 Å². The lowest BCUT2D eigenvalue weighted by Crippen LogP contribution is -2.36. The van der Waals surface area contributed by atoms with Crippen LogP contribution >= 0.6 is 11.8 Å². The predicted octanol–water partition coefficient (Wildman–Crippen LogP) is 4.11. The summed E-state index contributed by atoms with van der Waals surface area (Å²) in [5.74, 6) is 0. The SMILES string of the molecule is Cc1cc(C2=CSC(=Nc3ccccc3)NN2)c(C)n1C[C@@H]1CCCO1. The maximum absolute atomic E-state index is 5.81. The van der Waals surface area contributed by atoms with Crippen LogP contribution < -0.4 is 10.9 Å². The number of para-hydroxylation sites is 1. The van der Waals surface area contributed by atoms with E-state index in [0.717, 1.165) is 36.1 Å². The molecule has 0 bridgehead atoms. The molecular formula is C20H24N4OS. The van der Waals surface area contributed by atoms with Crippen molar-refractivity contribution < 1.29 is 4.74 Å². The third-order valence-corrected chi connectivity index (χ3v) is 5.62. The summed E-state index contributed by atoms with van der Waals surface area (Å²) < 4.78 is 8.18. The van der Waals surface area contributed by atoms with Crippen LogP contribution in [0.5, 0.6) is 0 Å². The van der Waals surface area contributed by atoms with Gasteiger partial charge in [0.15, 0.2) is 5.17 Å². The summed E-state index contributed by atoms with van der Waals surface area (Å²) >= 11 is 1.60. The van der Waals surface area contributed by atoms with Crippen LogP contribution in [0.2, 0.25) is 0 Å². The normalized spacial score (nSPS) is 21.4. The minimum absolute atomic E-state index is 0.345. The van der Waals surface area contributed by atoms with Crippen molar-refractivity contribution in [3.63, 3.8) is 0 Å². The second-order valence-corrected chi connectivity index (χ2v) is 7.54. The van der Waals surface area contributed by atoms with E-state index in [1.165, 1.54) is 23.4 Å². The standard InChI is InChI=1S/C20H24N4OS/c1-14-11-18(15(2)24(14)12-17-9-6-10-25-17)19-13-26-20(23-22-19)21-16-7-4-3-5-8-16/h3-5,7-8,11,13,17,22H,6,9-10,12H2,1-2H3,(H,21,23)/t17-/m0/s1. The minimum atomic E-state index is 0.345. The van der Waals surface area contributed by atoms with Crippen molar-refractivity contribution in [1.82, 2.24) is 15.4 Å². The first kappa shape index (κ1) is 17.2. The Bertz CT molecular complexity index is 835. The highest BCUT2D eigenvalue weighted by molar-refractivity contribution is 8.16. The van der Waals surface area contributed by atoms with E-state index in [2.05, 4.69) is 45.7 Å². The number of amidine groups is 1. The first-order valence-electron chi connectivity index (χ1n) is 9.02. The third kappa shape index (κ3) is 3.66. The maximum atomic E-state index is 5.81. The molecule has 1 aromatic heterocycles. The van der Waals surface area contributed by atoms with Crippen molar-refractivity contribution in [2.75, 3.05) is 6.61 Å². The molecule has 2 aliphatic heterocycles. The van der Waals surface area contributed by atoms with Crippen LogP contribution in [0.15, 0.2) is 46.8 Å².